The van der Waals surface area contributed by atoms with Crippen LogP contribution in [0.1, 0.15) is 36.5 Å². The molecule has 0 aliphatic heterocycles. The molecule has 0 radical (unpaired) electrons. The van der Waals surface area contributed by atoms with Crippen LogP contribution in [-0.4, -0.2) is 27.7 Å². The van der Waals surface area contributed by atoms with Crippen molar-refractivity contribution in [3.8, 4) is 0 Å². The van der Waals surface area contributed by atoms with Crippen LogP contribution in [0.3, 0.4) is 0 Å². The van der Waals surface area contributed by atoms with Crippen LogP contribution < -0.4 is 5.32 Å². The summed E-state index contributed by atoms with van der Waals surface area (Å²) < 4.78 is 5.32. The largest absolute Gasteiger partial charge is 0.338 e. The standard InChI is InChI=1S/C16H21N3OS/c1-21-14-8-7-13(10-14)17-11-16-18-15(19-20-16)9-12-5-3-2-4-6-12/h2-6,13-14,17H,7-11H2,1H3. The Bertz CT molecular complexity index is 558. The third-order valence-electron chi connectivity index (χ3n) is 3.98. The van der Waals surface area contributed by atoms with Crippen molar-refractivity contribution in [2.24, 2.45) is 0 Å². The quantitative estimate of drug-likeness (QED) is 0.889. The minimum Gasteiger partial charge on any atom is -0.338 e. The van der Waals surface area contributed by atoms with E-state index in [9.17, 15) is 0 Å². The van der Waals surface area contributed by atoms with Crippen molar-refractivity contribution in [1.29, 1.82) is 0 Å². The smallest absolute Gasteiger partial charge is 0.240 e. The van der Waals surface area contributed by atoms with Gasteiger partial charge in [0.15, 0.2) is 5.82 Å². The number of rotatable bonds is 6. The minimum atomic E-state index is 0.590. The summed E-state index contributed by atoms with van der Waals surface area (Å²) >= 11 is 1.97. The van der Waals surface area contributed by atoms with E-state index in [0.29, 0.717) is 18.5 Å². The Morgan fingerprint density at radius 2 is 2.14 bits per heavy atom. The first-order chi connectivity index (χ1) is 10.3. The molecule has 4 nitrogen and oxygen atoms in total. The summed E-state index contributed by atoms with van der Waals surface area (Å²) in [6.45, 7) is 0.674. The maximum absolute atomic E-state index is 5.32. The van der Waals surface area contributed by atoms with E-state index >= 15 is 0 Å². The molecule has 1 N–H and O–H groups in total. The van der Waals surface area contributed by atoms with Crippen LogP contribution in [-0.2, 0) is 13.0 Å². The fourth-order valence-electron chi connectivity index (χ4n) is 2.78. The number of hydrogen-bond donors (Lipinski definition) is 1. The molecule has 1 fully saturated rings. The summed E-state index contributed by atoms with van der Waals surface area (Å²) in [5, 5.41) is 8.39. The van der Waals surface area contributed by atoms with Crippen LogP contribution >= 0.6 is 11.8 Å². The van der Waals surface area contributed by atoms with Gasteiger partial charge in [-0.1, -0.05) is 35.5 Å². The molecule has 1 aliphatic rings. The molecular weight excluding hydrogens is 282 g/mol. The molecule has 112 valence electrons. The molecule has 1 aliphatic carbocycles. The van der Waals surface area contributed by atoms with Crippen LogP contribution in [0.2, 0.25) is 0 Å². The number of aromatic nitrogens is 2. The zero-order valence-electron chi connectivity index (χ0n) is 12.3. The molecule has 1 saturated carbocycles. The Morgan fingerprint density at radius 1 is 1.29 bits per heavy atom. The lowest BCUT2D eigenvalue weighted by Gasteiger charge is -2.10. The van der Waals surface area contributed by atoms with Gasteiger partial charge in [-0.2, -0.15) is 16.7 Å². The Kier molecular flexibility index (Phi) is 4.93. The molecule has 1 heterocycles. The molecule has 2 unspecified atom stereocenters. The Balaban J connectivity index is 1.49. The van der Waals surface area contributed by atoms with Crippen molar-refractivity contribution in [3.63, 3.8) is 0 Å². The maximum atomic E-state index is 5.32. The van der Waals surface area contributed by atoms with E-state index in [2.05, 4.69) is 33.8 Å². The van der Waals surface area contributed by atoms with E-state index in [1.54, 1.807) is 0 Å². The van der Waals surface area contributed by atoms with Gasteiger partial charge in [0.1, 0.15) is 0 Å². The summed E-state index contributed by atoms with van der Waals surface area (Å²) in [7, 11) is 0. The highest BCUT2D eigenvalue weighted by molar-refractivity contribution is 7.99. The number of benzene rings is 1. The van der Waals surface area contributed by atoms with Gasteiger partial charge < -0.3 is 9.84 Å². The molecule has 2 aromatic rings. The van der Waals surface area contributed by atoms with Gasteiger partial charge in [-0.05, 0) is 31.1 Å². The predicted molar refractivity (Wildman–Crippen MR) is 85.3 cm³/mol. The monoisotopic (exact) mass is 303 g/mol. The maximum Gasteiger partial charge on any atom is 0.240 e. The highest BCUT2D eigenvalue weighted by Gasteiger charge is 2.23. The first-order valence-electron chi connectivity index (χ1n) is 7.45. The predicted octanol–water partition coefficient (Wildman–Crippen LogP) is 3.03. The van der Waals surface area contributed by atoms with Crippen molar-refractivity contribution in [2.75, 3.05) is 6.26 Å². The fourth-order valence-corrected chi connectivity index (χ4v) is 3.58. The van der Waals surface area contributed by atoms with Gasteiger partial charge in [-0.25, -0.2) is 0 Å². The highest BCUT2D eigenvalue weighted by Crippen LogP contribution is 2.28. The van der Waals surface area contributed by atoms with E-state index in [4.69, 9.17) is 4.52 Å². The van der Waals surface area contributed by atoms with E-state index in [0.717, 1.165) is 17.5 Å². The van der Waals surface area contributed by atoms with Crippen molar-refractivity contribution in [3.05, 3.63) is 47.6 Å². The molecule has 0 spiro atoms. The lowest BCUT2D eigenvalue weighted by Crippen LogP contribution is -2.26. The molecule has 21 heavy (non-hydrogen) atoms. The first-order valence-corrected chi connectivity index (χ1v) is 8.74. The number of hydrogen-bond acceptors (Lipinski definition) is 5. The average molecular weight is 303 g/mol. The molecule has 2 atom stereocenters. The van der Waals surface area contributed by atoms with Crippen LogP contribution in [0.25, 0.3) is 0 Å². The van der Waals surface area contributed by atoms with Gasteiger partial charge in [0.05, 0.1) is 6.54 Å². The topological polar surface area (TPSA) is 51.0 Å². The van der Waals surface area contributed by atoms with Gasteiger partial charge in [0.2, 0.25) is 5.89 Å². The average Bonchev–Trinajstić information content (AvgIpc) is 3.15. The van der Waals surface area contributed by atoms with Gasteiger partial charge in [0, 0.05) is 17.7 Å². The van der Waals surface area contributed by atoms with Gasteiger partial charge in [0.25, 0.3) is 0 Å². The first kappa shape index (κ1) is 14.6. The third-order valence-corrected chi connectivity index (χ3v) is 5.07. The van der Waals surface area contributed by atoms with E-state index < -0.39 is 0 Å². The van der Waals surface area contributed by atoms with Crippen LogP contribution in [0, 0.1) is 0 Å². The van der Waals surface area contributed by atoms with E-state index in [-0.39, 0.29) is 0 Å². The van der Waals surface area contributed by atoms with E-state index in [1.807, 2.05) is 30.0 Å². The molecule has 1 aromatic carbocycles. The number of nitrogens with zero attached hydrogens (tertiary/aromatic N) is 2. The van der Waals surface area contributed by atoms with Crippen LogP contribution in [0.15, 0.2) is 34.9 Å². The summed E-state index contributed by atoms with van der Waals surface area (Å²) in [4.78, 5) is 4.46. The normalized spacial score (nSPS) is 21.8. The Labute approximate surface area is 129 Å². The molecule has 0 saturated heterocycles. The lowest BCUT2D eigenvalue weighted by atomic mass is 10.1. The molecule has 1 aromatic heterocycles. The summed E-state index contributed by atoms with van der Waals surface area (Å²) in [6, 6.07) is 10.8. The summed E-state index contributed by atoms with van der Waals surface area (Å²) in [5.41, 5.74) is 1.21. The Hall–Kier alpha value is -1.33. The van der Waals surface area contributed by atoms with Crippen molar-refractivity contribution < 1.29 is 4.52 Å². The second kappa shape index (κ2) is 7.09. The minimum absolute atomic E-state index is 0.590. The fraction of sp³-hybridized carbons (Fsp3) is 0.500. The highest BCUT2D eigenvalue weighted by atomic mass is 32.2. The van der Waals surface area contributed by atoms with E-state index in [1.165, 1.54) is 24.8 Å². The van der Waals surface area contributed by atoms with Gasteiger partial charge in [-0.15, -0.1) is 0 Å². The zero-order chi connectivity index (χ0) is 14.5. The van der Waals surface area contributed by atoms with Crippen LogP contribution in [0.4, 0.5) is 0 Å². The van der Waals surface area contributed by atoms with Gasteiger partial charge in [-0.3, -0.25) is 0 Å². The molecule has 0 amide bonds. The lowest BCUT2D eigenvalue weighted by molar-refractivity contribution is 0.353. The summed E-state index contributed by atoms with van der Waals surface area (Å²) in [5.74, 6) is 1.44. The van der Waals surface area contributed by atoms with Crippen LogP contribution in [0.5, 0.6) is 0 Å². The summed E-state index contributed by atoms with van der Waals surface area (Å²) in [6.07, 6.45) is 6.72. The third kappa shape index (κ3) is 4.08. The molecule has 5 heteroatoms. The van der Waals surface area contributed by atoms with Crippen molar-refractivity contribution in [1.82, 2.24) is 15.5 Å². The van der Waals surface area contributed by atoms with Gasteiger partial charge >= 0.3 is 0 Å². The SMILES string of the molecule is CSC1CCC(NCc2nc(Cc3ccccc3)no2)C1. The van der Waals surface area contributed by atoms with Crippen molar-refractivity contribution in [2.45, 2.75) is 43.5 Å². The number of nitrogens with one attached hydrogen (secondary N) is 1. The second-order valence-corrected chi connectivity index (χ2v) is 6.65. The number of thioether (sulfide) groups is 1. The second-order valence-electron chi connectivity index (χ2n) is 5.52. The molecule has 3 rings (SSSR count). The molecule has 0 bridgehead atoms. The zero-order valence-corrected chi connectivity index (χ0v) is 13.1. The van der Waals surface area contributed by atoms with Crippen molar-refractivity contribution >= 4 is 11.8 Å². The molecular formula is C16H21N3OS. The Morgan fingerprint density at radius 3 is 2.90 bits per heavy atom.